The van der Waals surface area contributed by atoms with Gasteiger partial charge in [0.25, 0.3) is 0 Å². The third kappa shape index (κ3) is 4.74. The Morgan fingerprint density at radius 3 is 2.62 bits per heavy atom. The number of benzene rings is 2. The predicted molar refractivity (Wildman–Crippen MR) is 131 cm³/mol. The average Bonchev–Trinajstić information content (AvgIpc) is 3.18. The van der Waals surface area contributed by atoms with Crippen molar-refractivity contribution in [1.29, 1.82) is 0 Å². The quantitative estimate of drug-likeness (QED) is 0.682. The zero-order valence-electron chi connectivity index (χ0n) is 19.3. The van der Waals surface area contributed by atoms with Crippen LogP contribution in [0.4, 0.5) is 11.4 Å². The van der Waals surface area contributed by atoms with Crippen molar-refractivity contribution in [1.82, 2.24) is 4.72 Å². The van der Waals surface area contributed by atoms with Gasteiger partial charge in [-0.25, -0.2) is 13.1 Å². The summed E-state index contributed by atoms with van der Waals surface area (Å²) in [5, 5.41) is 2.84. The highest BCUT2D eigenvalue weighted by atomic mass is 32.2. The van der Waals surface area contributed by atoms with E-state index in [4.69, 9.17) is 0 Å². The van der Waals surface area contributed by atoms with E-state index in [2.05, 4.69) is 16.1 Å². The van der Waals surface area contributed by atoms with Crippen molar-refractivity contribution < 1.29 is 18.0 Å². The van der Waals surface area contributed by atoms with Crippen LogP contribution in [0.2, 0.25) is 0 Å². The van der Waals surface area contributed by atoms with Crippen LogP contribution < -0.4 is 14.9 Å². The second kappa shape index (κ2) is 9.50. The molecule has 0 radical (unpaired) electrons. The second-order valence-corrected chi connectivity index (χ2v) is 11.4. The molecule has 0 atom stereocenters. The number of nitrogens with zero attached hydrogens (tertiary/aromatic N) is 1. The summed E-state index contributed by atoms with van der Waals surface area (Å²) in [4.78, 5) is 27.0. The van der Waals surface area contributed by atoms with Crippen LogP contribution in [-0.2, 0) is 32.5 Å². The van der Waals surface area contributed by atoms with E-state index in [0.29, 0.717) is 31.5 Å². The summed E-state index contributed by atoms with van der Waals surface area (Å²) < 4.78 is 28.6. The lowest BCUT2D eigenvalue weighted by atomic mass is 9.81. The van der Waals surface area contributed by atoms with Gasteiger partial charge in [-0.1, -0.05) is 18.2 Å². The Balaban J connectivity index is 1.15. The van der Waals surface area contributed by atoms with Gasteiger partial charge in [0.05, 0.1) is 4.90 Å². The van der Waals surface area contributed by atoms with E-state index >= 15 is 0 Å². The van der Waals surface area contributed by atoms with Crippen LogP contribution in [0.15, 0.2) is 47.4 Å². The molecule has 0 spiro atoms. The number of sulfonamides is 1. The van der Waals surface area contributed by atoms with Crippen LogP contribution in [0.25, 0.3) is 0 Å². The van der Waals surface area contributed by atoms with Gasteiger partial charge in [-0.2, -0.15) is 0 Å². The number of nitrogens with one attached hydrogen (secondary N) is 2. The molecule has 1 saturated carbocycles. The van der Waals surface area contributed by atoms with Crippen molar-refractivity contribution in [2.24, 2.45) is 11.8 Å². The summed E-state index contributed by atoms with van der Waals surface area (Å²) in [6, 6.07) is 13.0. The van der Waals surface area contributed by atoms with Crippen LogP contribution in [0.5, 0.6) is 0 Å². The van der Waals surface area contributed by atoms with Gasteiger partial charge in [-0.05, 0) is 86.3 Å². The molecule has 5 rings (SSSR count). The molecule has 0 saturated heterocycles. The molecule has 2 aromatic rings. The molecule has 34 heavy (non-hydrogen) atoms. The monoisotopic (exact) mass is 481 g/mol. The smallest absolute Gasteiger partial charge is 0.240 e. The number of hydrogen-bond donors (Lipinski definition) is 2. The fourth-order valence-corrected chi connectivity index (χ4v) is 6.60. The summed E-state index contributed by atoms with van der Waals surface area (Å²) >= 11 is 0. The average molecular weight is 482 g/mol. The van der Waals surface area contributed by atoms with Gasteiger partial charge in [-0.15, -0.1) is 0 Å². The molecule has 0 bridgehead atoms. The molecule has 1 fully saturated rings. The normalized spacial score (nSPS) is 22.5. The third-order valence-electron chi connectivity index (χ3n) is 7.42. The largest absolute Gasteiger partial charge is 0.326 e. The van der Waals surface area contributed by atoms with Gasteiger partial charge in [0.15, 0.2) is 0 Å². The van der Waals surface area contributed by atoms with Gasteiger partial charge >= 0.3 is 0 Å². The number of para-hydroxylation sites is 1. The van der Waals surface area contributed by atoms with E-state index in [-0.39, 0.29) is 28.5 Å². The number of hydrogen-bond acceptors (Lipinski definition) is 4. The number of carbonyl (C=O) groups is 2. The highest BCUT2D eigenvalue weighted by molar-refractivity contribution is 7.89. The fourth-order valence-electron chi connectivity index (χ4n) is 5.43. The van der Waals surface area contributed by atoms with E-state index in [1.54, 1.807) is 18.2 Å². The first-order chi connectivity index (χ1) is 16.4. The van der Waals surface area contributed by atoms with Crippen molar-refractivity contribution in [3.8, 4) is 0 Å². The Morgan fingerprint density at radius 2 is 1.79 bits per heavy atom. The van der Waals surface area contributed by atoms with Crippen LogP contribution in [0.3, 0.4) is 0 Å². The Labute approximate surface area is 201 Å². The van der Waals surface area contributed by atoms with Crippen molar-refractivity contribution >= 4 is 33.2 Å². The highest BCUT2D eigenvalue weighted by Gasteiger charge is 2.33. The van der Waals surface area contributed by atoms with Gasteiger partial charge in [0.2, 0.25) is 21.8 Å². The number of fused-ring (bicyclic) bond motifs is 2. The summed E-state index contributed by atoms with van der Waals surface area (Å²) in [5.74, 6) is 0.417. The van der Waals surface area contributed by atoms with E-state index in [0.717, 1.165) is 49.9 Å². The maximum atomic E-state index is 13.1. The molecule has 2 aromatic carbocycles. The number of rotatable bonds is 5. The maximum absolute atomic E-state index is 13.1. The van der Waals surface area contributed by atoms with Gasteiger partial charge < -0.3 is 10.2 Å². The summed E-state index contributed by atoms with van der Waals surface area (Å²) in [6.45, 7) is 1.13. The fraction of sp³-hybridized carbons (Fsp3) is 0.462. The van der Waals surface area contributed by atoms with Crippen LogP contribution in [0, 0.1) is 11.8 Å². The van der Waals surface area contributed by atoms with Crippen molar-refractivity contribution in [2.45, 2.75) is 56.3 Å². The minimum Gasteiger partial charge on any atom is -0.326 e. The lowest BCUT2D eigenvalue weighted by Crippen LogP contribution is -2.38. The number of aryl methyl sites for hydroxylation is 1. The lowest BCUT2D eigenvalue weighted by Gasteiger charge is -2.30. The van der Waals surface area contributed by atoms with Crippen LogP contribution in [-0.4, -0.2) is 33.3 Å². The Kier molecular flexibility index (Phi) is 6.44. The molecule has 7 nitrogen and oxygen atoms in total. The SMILES string of the molecule is O=C1CCCc2cc(S(=O)(=O)NCC3CCC(C(=O)N4CCc5ccccc54)CC3)ccc2N1. The summed E-state index contributed by atoms with van der Waals surface area (Å²) in [5.41, 5.74) is 3.84. The molecule has 180 valence electrons. The minimum atomic E-state index is -3.63. The van der Waals surface area contributed by atoms with Crippen molar-refractivity contribution in [3.05, 3.63) is 53.6 Å². The lowest BCUT2D eigenvalue weighted by molar-refractivity contribution is -0.123. The molecule has 2 aliphatic heterocycles. The molecule has 8 heteroatoms. The molecule has 0 unspecified atom stereocenters. The topological polar surface area (TPSA) is 95.6 Å². The van der Waals surface area contributed by atoms with Crippen LogP contribution >= 0.6 is 0 Å². The highest BCUT2D eigenvalue weighted by Crippen LogP contribution is 2.34. The van der Waals surface area contributed by atoms with Gasteiger partial charge in [-0.3, -0.25) is 9.59 Å². The maximum Gasteiger partial charge on any atom is 0.240 e. The van der Waals surface area contributed by atoms with Gasteiger partial charge in [0.1, 0.15) is 0 Å². The molecule has 2 amide bonds. The van der Waals surface area contributed by atoms with E-state index in [1.165, 1.54) is 5.56 Å². The zero-order chi connectivity index (χ0) is 23.7. The first-order valence-electron chi connectivity index (χ1n) is 12.2. The summed E-state index contributed by atoms with van der Waals surface area (Å²) in [7, 11) is -3.63. The first kappa shape index (κ1) is 23.1. The molecule has 0 aromatic heterocycles. The predicted octanol–water partition coefficient (Wildman–Crippen LogP) is 3.64. The molecular formula is C26H31N3O4S. The standard InChI is InChI=1S/C26H31N3O4S/c30-25-7-3-5-21-16-22(12-13-23(21)28-25)34(32,33)27-17-18-8-10-20(11-9-18)26(31)29-15-14-19-4-1-2-6-24(19)29/h1-2,4,6,12-13,16,18,20,27H,3,5,7-11,14-15,17H2,(H,28,30). The first-order valence-corrected chi connectivity index (χ1v) is 13.7. The Hall–Kier alpha value is -2.71. The zero-order valence-corrected chi connectivity index (χ0v) is 20.1. The van der Waals surface area contributed by atoms with Crippen molar-refractivity contribution in [2.75, 3.05) is 23.3 Å². The van der Waals surface area contributed by atoms with E-state index < -0.39 is 10.0 Å². The minimum absolute atomic E-state index is 0.0128. The van der Waals surface area contributed by atoms with Crippen molar-refractivity contribution in [3.63, 3.8) is 0 Å². The van der Waals surface area contributed by atoms with E-state index in [1.807, 2.05) is 23.1 Å². The number of amides is 2. The molecule has 1 aliphatic carbocycles. The molecule has 3 aliphatic rings. The summed E-state index contributed by atoms with van der Waals surface area (Å²) in [6.07, 6.45) is 6.01. The second-order valence-electron chi connectivity index (χ2n) is 9.66. The van der Waals surface area contributed by atoms with E-state index in [9.17, 15) is 18.0 Å². The van der Waals surface area contributed by atoms with Gasteiger partial charge in [0, 0.05) is 36.8 Å². The molecule has 2 N–H and O–H groups in total. The Morgan fingerprint density at radius 1 is 1.00 bits per heavy atom. The third-order valence-corrected chi connectivity index (χ3v) is 8.84. The number of anilines is 2. The molecular weight excluding hydrogens is 450 g/mol. The van der Waals surface area contributed by atoms with Crippen LogP contribution in [0.1, 0.15) is 49.7 Å². The Bertz CT molecular complexity index is 1200. The molecule has 2 heterocycles. The number of carbonyl (C=O) groups excluding carboxylic acids is 2.